The molecule has 0 saturated carbocycles. The second-order valence-electron chi connectivity index (χ2n) is 12.1. The maximum atomic E-state index is 13.6. The monoisotopic (exact) mass is 720 g/mol. The van der Waals surface area contributed by atoms with Crippen molar-refractivity contribution in [3.05, 3.63) is 70.1 Å². The molecule has 1 aliphatic rings. The minimum atomic E-state index is -2.12. The molecular formula is C35H37ClN6O9. The maximum Gasteiger partial charge on any atom is 0.346 e. The lowest BCUT2D eigenvalue weighted by Gasteiger charge is -2.33. The topological polar surface area (TPSA) is 189 Å². The van der Waals surface area contributed by atoms with Gasteiger partial charge in [0.2, 0.25) is 10.9 Å². The Morgan fingerprint density at radius 1 is 1.18 bits per heavy atom. The number of Topliss-reactive ketones (excluding diaryl/α,β-unsaturated/α-hetero) is 1. The van der Waals surface area contributed by atoms with Gasteiger partial charge in [0.1, 0.15) is 18.4 Å². The predicted octanol–water partition coefficient (Wildman–Crippen LogP) is 3.11. The molecule has 1 unspecified atom stereocenters. The molecule has 1 fully saturated rings. The van der Waals surface area contributed by atoms with Crippen LogP contribution < -0.4 is 11.3 Å². The van der Waals surface area contributed by atoms with Crippen molar-refractivity contribution >= 4 is 46.3 Å². The lowest BCUT2D eigenvalue weighted by Crippen LogP contribution is -2.53. The highest BCUT2D eigenvalue weighted by Crippen LogP contribution is 2.46. The number of carbonyl (C=O) groups excluding carboxylic acids is 3. The van der Waals surface area contributed by atoms with E-state index in [4.69, 9.17) is 47.4 Å². The zero-order chi connectivity index (χ0) is 37.1. The minimum absolute atomic E-state index is 0.0195. The summed E-state index contributed by atoms with van der Waals surface area (Å²) in [5, 5.41) is -0.149. The Hall–Kier alpha value is -5.14. The lowest BCUT2D eigenvalue weighted by molar-refractivity contribution is -0.182. The van der Waals surface area contributed by atoms with Crippen molar-refractivity contribution in [2.45, 2.75) is 64.9 Å². The molecule has 2 N–H and O–H groups in total. The quantitative estimate of drug-likeness (QED) is 0.0919. The predicted molar refractivity (Wildman–Crippen MR) is 184 cm³/mol. The van der Waals surface area contributed by atoms with Crippen LogP contribution in [-0.4, -0.2) is 79.9 Å². The van der Waals surface area contributed by atoms with E-state index in [1.54, 1.807) is 56.4 Å². The number of halogens is 1. The third-order valence-corrected chi connectivity index (χ3v) is 8.95. The van der Waals surface area contributed by atoms with Crippen molar-refractivity contribution in [1.82, 2.24) is 24.1 Å². The van der Waals surface area contributed by atoms with Gasteiger partial charge in [-0.3, -0.25) is 23.5 Å². The molecule has 268 valence electrons. The summed E-state index contributed by atoms with van der Waals surface area (Å²) in [4.78, 5) is 64.8. The van der Waals surface area contributed by atoms with E-state index in [9.17, 15) is 19.2 Å². The Labute approximate surface area is 298 Å². The summed E-state index contributed by atoms with van der Waals surface area (Å²) >= 11 is 6.09. The molecule has 0 radical (unpaired) electrons. The number of esters is 2. The maximum absolute atomic E-state index is 13.6. The largest absolute Gasteiger partial charge is 0.463 e. The van der Waals surface area contributed by atoms with Crippen molar-refractivity contribution < 1.29 is 38.1 Å². The Bertz CT molecular complexity index is 2060. The van der Waals surface area contributed by atoms with Crippen LogP contribution in [0, 0.1) is 17.8 Å². The number of hydrogen-bond acceptors (Lipinski definition) is 13. The van der Waals surface area contributed by atoms with Gasteiger partial charge in [-0.25, -0.2) is 9.78 Å². The third kappa shape index (κ3) is 7.08. The van der Waals surface area contributed by atoms with Gasteiger partial charge in [0, 0.05) is 32.2 Å². The first kappa shape index (κ1) is 37.1. The SMILES string of the molecule is C#C[C@@]1(C)[C@@H](COC(Cc2ccc(-c3cccn(COC)c3=O)cc2)(C(C)=O)C(=O)OCC)O[C@@H](n2cnc3c(N)nc(Cl)nc32)[C@@H]1OC(C)=O. The average Bonchev–Trinajstić information content (AvgIpc) is 3.63. The van der Waals surface area contributed by atoms with E-state index in [1.165, 1.54) is 36.4 Å². The van der Waals surface area contributed by atoms with Gasteiger partial charge in [-0.2, -0.15) is 9.97 Å². The van der Waals surface area contributed by atoms with Crippen LogP contribution >= 0.6 is 11.6 Å². The number of imidazole rings is 1. The first-order valence-corrected chi connectivity index (χ1v) is 16.2. The van der Waals surface area contributed by atoms with E-state index >= 15 is 0 Å². The standard InChI is InChI=1S/C35H37ClN6O9/c1-7-34(5)25(51-31(27(34)50-21(4)44)42-18-38-26-28(37)39-33(36)40-29(26)42)17-49-35(20(3)43,32(46)48-8-2)16-22-11-13-23(14-12-22)24-10-9-15-41(19-47-6)30(24)45/h1,9-15,18,25,27,31H,8,16-17,19H2,2-6H3,(H2,37,39,40)/t25-,27+,31-,34+,35?/m1/s1. The number of pyridine rings is 1. The zero-order valence-corrected chi connectivity index (χ0v) is 29.4. The molecule has 15 nitrogen and oxygen atoms in total. The molecule has 51 heavy (non-hydrogen) atoms. The van der Waals surface area contributed by atoms with Gasteiger partial charge >= 0.3 is 11.9 Å². The van der Waals surface area contributed by atoms with Crippen LogP contribution in [0.3, 0.4) is 0 Å². The number of ketones is 1. The fourth-order valence-electron chi connectivity index (χ4n) is 6.02. The molecule has 5 atom stereocenters. The van der Waals surface area contributed by atoms with Gasteiger partial charge in [0.05, 0.1) is 25.0 Å². The number of rotatable bonds is 13. The Morgan fingerprint density at radius 2 is 1.90 bits per heavy atom. The second kappa shape index (κ2) is 15.0. The number of hydrogen-bond donors (Lipinski definition) is 1. The van der Waals surface area contributed by atoms with Gasteiger partial charge in [0.15, 0.2) is 29.6 Å². The molecule has 4 heterocycles. The Morgan fingerprint density at radius 3 is 2.53 bits per heavy atom. The summed E-state index contributed by atoms with van der Waals surface area (Å²) in [5.74, 6) is 0.509. The summed E-state index contributed by atoms with van der Waals surface area (Å²) in [6.45, 7) is 5.34. The highest BCUT2D eigenvalue weighted by Gasteiger charge is 2.58. The van der Waals surface area contributed by atoms with Crippen molar-refractivity contribution in [3.8, 4) is 23.5 Å². The van der Waals surface area contributed by atoms with Crippen molar-refractivity contribution in [2.24, 2.45) is 5.41 Å². The highest BCUT2D eigenvalue weighted by atomic mass is 35.5. The van der Waals surface area contributed by atoms with Gasteiger partial charge < -0.3 is 29.4 Å². The fraction of sp³-hybridized carbons (Fsp3) is 0.400. The van der Waals surface area contributed by atoms with E-state index in [0.29, 0.717) is 16.7 Å². The lowest BCUT2D eigenvalue weighted by atomic mass is 9.81. The summed E-state index contributed by atoms with van der Waals surface area (Å²) < 4.78 is 31.8. The molecule has 16 heteroatoms. The van der Waals surface area contributed by atoms with Crippen LogP contribution in [0.15, 0.2) is 53.7 Å². The third-order valence-electron chi connectivity index (χ3n) is 8.78. The zero-order valence-electron chi connectivity index (χ0n) is 28.6. The van der Waals surface area contributed by atoms with Crippen molar-refractivity contribution in [2.75, 3.05) is 26.1 Å². The molecule has 1 aliphatic heterocycles. The normalized spacial score (nSPS) is 21.2. The summed E-state index contributed by atoms with van der Waals surface area (Å²) in [6.07, 6.45) is 5.57. The Balaban J connectivity index is 1.48. The van der Waals surface area contributed by atoms with Crippen LogP contribution in [0.1, 0.15) is 39.5 Å². The van der Waals surface area contributed by atoms with Crippen LogP contribution in [0.4, 0.5) is 5.82 Å². The average molecular weight is 721 g/mol. The van der Waals surface area contributed by atoms with Crippen LogP contribution in [0.5, 0.6) is 0 Å². The molecule has 4 aromatic rings. The molecule has 0 spiro atoms. The molecule has 1 saturated heterocycles. The summed E-state index contributed by atoms with van der Waals surface area (Å²) in [7, 11) is 1.49. The second-order valence-corrected chi connectivity index (χ2v) is 12.4. The van der Waals surface area contributed by atoms with E-state index in [-0.39, 0.29) is 47.6 Å². The molecule has 0 bridgehead atoms. The van der Waals surface area contributed by atoms with E-state index < -0.39 is 53.8 Å². The Kier molecular flexibility index (Phi) is 10.9. The van der Waals surface area contributed by atoms with E-state index in [1.807, 2.05) is 0 Å². The van der Waals surface area contributed by atoms with Crippen LogP contribution in [0.2, 0.25) is 5.28 Å². The first-order chi connectivity index (χ1) is 24.3. The summed E-state index contributed by atoms with van der Waals surface area (Å²) in [5.41, 5.74) is 4.28. The van der Waals surface area contributed by atoms with Crippen molar-refractivity contribution in [1.29, 1.82) is 0 Å². The number of fused-ring (bicyclic) bond motifs is 1. The molecule has 1 aromatic carbocycles. The number of ether oxygens (including phenoxy) is 5. The number of nitrogens with two attached hydrogens (primary N) is 1. The molecule has 3 aromatic heterocycles. The first-order valence-electron chi connectivity index (χ1n) is 15.9. The van der Waals surface area contributed by atoms with Gasteiger partial charge in [-0.05, 0) is 55.6 Å². The highest BCUT2D eigenvalue weighted by molar-refractivity contribution is 6.28. The van der Waals surface area contributed by atoms with Gasteiger partial charge in [-0.15, -0.1) is 6.42 Å². The van der Waals surface area contributed by atoms with Gasteiger partial charge in [0.25, 0.3) is 5.56 Å². The number of methoxy groups -OCH3 is 1. The van der Waals surface area contributed by atoms with E-state index in [2.05, 4.69) is 20.9 Å². The van der Waals surface area contributed by atoms with Crippen LogP contribution in [0.25, 0.3) is 22.3 Å². The number of benzene rings is 1. The number of carbonyl (C=O) groups is 3. The number of nitrogens with zero attached hydrogens (tertiary/aromatic N) is 5. The molecule has 5 rings (SSSR count). The van der Waals surface area contributed by atoms with E-state index in [0.717, 1.165) is 0 Å². The minimum Gasteiger partial charge on any atom is -0.463 e. The number of anilines is 1. The number of terminal acetylenes is 1. The number of nitrogen functional groups attached to an aromatic ring is 1. The van der Waals surface area contributed by atoms with Crippen LogP contribution in [-0.2, 0) is 51.2 Å². The smallest absolute Gasteiger partial charge is 0.346 e. The molecule has 0 amide bonds. The van der Waals surface area contributed by atoms with Gasteiger partial charge in [-0.1, -0.05) is 30.2 Å². The van der Waals surface area contributed by atoms with Crippen molar-refractivity contribution in [3.63, 3.8) is 0 Å². The molecule has 0 aliphatic carbocycles. The summed E-state index contributed by atoms with van der Waals surface area (Å²) in [6, 6.07) is 10.2. The molecular weight excluding hydrogens is 684 g/mol. The fourth-order valence-corrected chi connectivity index (χ4v) is 6.19. The number of aromatic nitrogens is 5.